The van der Waals surface area contributed by atoms with Gasteiger partial charge in [-0.1, -0.05) is 0 Å². The standard InChI is InChI=1S/C20H23FN2O2S/c1-20(2,19(24)25-16-11-23-9-7-13(16)8-10-23)17-12-26-18(22-17)14-3-5-15(21)6-4-14/h3-6,12-13,16H,7-11H2,1-2H3/t16-/m1/s1. The summed E-state index contributed by atoms with van der Waals surface area (Å²) < 4.78 is 19.0. The maximum atomic E-state index is 13.1. The van der Waals surface area contributed by atoms with Crippen LogP contribution in [0.4, 0.5) is 4.39 Å². The van der Waals surface area contributed by atoms with Crippen molar-refractivity contribution in [3.05, 3.63) is 41.2 Å². The van der Waals surface area contributed by atoms with E-state index in [0.29, 0.717) is 11.6 Å². The van der Waals surface area contributed by atoms with Crippen LogP contribution >= 0.6 is 11.3 Å². The summed E-state index contributed by atoms with van der Waals surface area (Å²) in [5.74, 6) is 0.00382. The molecule has 1 aromatic carbocycles. The maximum Gasteiger partial charge on any atom is 0.317 e. The average Bonchev–Trinajstić information content (AvgIpc) is 3.14. The molecule has 0 saturated carbocycles. The fourth-order valence-electron chi connectivity index (χ4n) is 3.72. The van der Waals surface area contributed by atoms with Crippen LogP contribution < -0.4 is 0 Å². The number of thiazole rings is 1. The van der Waals surface area contributed by atoms with Crippen LogP contribution in [0.25, 0.3) is 10.6 Å². The Balaban J connectivity index is 1.49. The Morgan fingerprint density at radius 3 is 2.58 bits per heavy atom. The van der Waals surface area contributed by atoms with Crippen LogP contribution in [0.15, 0.2) is 29.6 Å². The quantitative estimate of drug-likeness (QED) is 0.762. The summed E-state index contributed by atoms with van der Waals surface area (Å²) in [5, 5.41) is 2.68. The third-order valence-corrected chi connectivity index (χ3v) is 6.49. The fraction of sp³-hybridized carbons (Fsp3) is 0.500. The number of hydrogen-bond acceptors (Lipinski definition) is 5. The fourth-order valence-corrected chi connectivity index (χ4v) is 4.71. The predicted molar refractivity (Wildman–Crippen MR) is 99.6 cm³/mol. The highest BCUT2D eigenvalue weighted by Gasteiger charge is 2.41. The number of halogens is 1. The Kier molecular flexibility index (Phi) is 4.57. The highest BCUT2D eigenvalue weighted by Crippen LogP contribution is 2.34. The van der Waals surface area contributed by atoms with Gasteiger partial charge in [-0.25, -0.2) is 9.37 Å². The molecule has 0 amide bonds. The highest BCUT2D eigenvalue weighted by molar-refractivity contribution is 7.13. The Bertz CT molecular complexity index is 794. The molecule has 0 spiro atoms. The van der Waals surface area contributed by atoms with E-state index < -0.39 is 5.41 Å². The molecule has 3 fully saturated rings. The van der Waals surface area contributed by atoms with Crippen LogP contribution in [0.2, 0.25) is 0 Å². The van der Waals surface area contributed by atoms with E-state index in [9.17, 15) is 9.18 Å². The van der Waals surface area contributed by atoms with Gasteiger partial charge in [0.2, 0.25) is 0 Å². The molecule has 3 aliphatic rings. The van der Waals surface area contributed by atoms with Crippen molar-refractivity contribution in [2.45, 2.75) is 38.2 Å². The van der Waals surface area contributed by atoms with E-state index in [0.717, 1.165) is 43.0 Å². The number of esters is 1. The second-order valence-corrected chi connectivity index (χ2v) is 8.61. The number of piperidine rings is 3. The van der Waals surface area contributed by atoms with Crippen LogP contribution in [0.5, 0.6) is 0 Å². The molecule has 3 aliphatic heterocycles. The van der Waals surface area contributed by atoms with Crippen molar-refractivity contribution in [1.29, 1.82) is 0 Å². The van der Waals surface area contributed by atoms with Gasteiger partial charge in [0.25, 0.3) is 0 Å². The minimum Gasteiger partial charge on any atom is -0.460 e. The summed E-state index contributed by atoms with van der Waals surface area (Å²) >= 11 is 1.46. The normalized spacial score (nSPS) is 25.3. The highest BCUT2D eigenvalue weighted by atomic mass is 32.1. The van der Waals surface area contributed by atoms with E-state index in [1.165, 1.54) is 23.5 Å². The van der Waals surface area contributed by atoms with Crippen molar-refractivity contribution in [2.75, 3.05) is 19.6 Å². The molecule has 3 saturated heterocycles. The summed E-state index contributed by atoms with van der Waals surface area (Å²) in [6.07, 6.45) is 2.23. The third kappa shape index (κ3) is 3.28. The van der Waals surface area contributed by atoms with Gasteiger partial charge in [0.05, 0.1) is 5.69 Å². The zero-order chi connectivity index (χ0) is 18.3. The van der Waals surface area contributed by atoms with E-state index in [4.69, 9.17) is 4.74 Å². The lowest BCUT2D eigenvalue weighted by atomic mass is 9.85. The number of ether oxygens (including phenoxy) is 1. The number of carbonyl (C=O) groups excluding carboxylic acids is 1. The summed E-state index contributed by atoms with van der Waals surface area (Å²) in [7, 11) is 0. The molecule has 26 heavy (non-hydrogen) atoms. The predicted octanol–water partition coefficient (Wildman–Crippen LogP) is 3.86. The number of hydrogen-bond donors (Lipinski definition) is 0. The lowest BCUT2D eigenvalue weighted by Gasteiger charge is -2.44. The lowest BCUT2D eigenvalue weighted by Crippen LogP contribution is -2.53. The van der Waals surface area contributed by atoms with Crippen LogP contribution in [-0.4, -0.2) is 41.6 Å². The zero-order valence-electron chi connectivity index (χ0n) is 15.1. The first-order valence-corrected chi connectivity index (χ1v) is 9.97. The number of carbonyl (C=O) groups is 1. The van der Waals surface area contributed by atoms with Gasteiger partial charge in [-0.05, 0) is 70.0 Å². The molecule has 1 aromatic heterocycles. The van der Waals surface area contributed by atoms with E-state index in [1.54, 1.807) is 12.1 Å². The molecule has 2 bridgehead atoms. The Labute approximate surface area is 157 Å². The van der Waals surface area contributed by atoms with E-state index in [1.807, 2.05) is 19.2 Å². The topological polar surface area (TPSA) is 42.4 Å². The van der Waals surface area contributed by atoms with Crippen molar-refractivity contribution in [1.82, 2.24) is 9.88 Å². The summed E-state index contributed by atoms with van der Waals surface area (Å²) in [5.41, 5.74) is 0.748. The van der Waals surface area contributed by atoms with Gasteiger partial charge in [0.15, 0.2) is 0 Å². The van der Waals surface area contributed by atoms with Crippen molar-refractivity contribution in [3.63, 3.8) is 0 Å². The number of rotatable bonds is 4. The monoisotopic (exact) mass is 374 g/mol. The van der Waals surface area contributed by atoms with Gasteiger partial charge in [-0.15, -0.1) is 11.3 Å². The van der Waals surface area contributed by atoms with Gasteiger partial charge in [0.1, 0.15) is 22.3 Å². The molecule has 0 radical (unpaired) electrons. The molecule has 0 aliphatic carbocycles. The number of aromatic nitrogens is 1. The molecule has 6 heteroatoms. The Morgan fingerprint density at radius 1 is 1.27 bits per heavy atom. The van der Waals surface area contributed by atoms with E-state index in [-0.39, 0.29) is 17.9 Å². The van der Waals surface area contributed by atoms with Crippen molar-refractivity contribution in [2.24, 2.45) is 5.92 Å². The van der Waals surface area contributed by atoms with Gasteiger partial charge in [0, 0.05) is 17.5 Å². The first-order valence-electron chi connectivity index (χ1n) is 9.09. The Morgan fingerprint density at radius 2 is 1.96 bits per heavy atom. The third-order valence-electron chi connectivity index (χ3n) is 5.60. The smallest absolute Gasteiger partial charge is 0.317 e. The molecule has 0 unspecified atom stereocenters. The molecule has 5 rings (SSSR count). The zero-order valence-corrected chi connectivity index (χ0v) is 15.9. The molecule has 138 valence electrons. The van der Waals surface area contributed by atoms with Crippen molar-refractivity contribution in [3.8, 4) is 10.6 Å². The minimum absolute atomic E-state index is 0.000482. The van der Waals surface area contributed by atoms with Gasteiger partial charge < -0.3 is 4.74 Å². The molecular weight excluding hydrogens is 351 g/mol. The molecule has 1 atom stereocenters. The largest absolute Gasteiger partial charge is 0.460 e. The van der Waals surface area contributed by atoms with Crippen molar-refractivity contribution < 1.29 is 13.9 Å². The number of nitrogens with zero attached hydrogens (tertiary/aromatic N) is 2. The summed E-state index contributed by atoms with van der Waals surface area (Å²) in [6.45, 7) is 6.81. The first-order chi connectivity index (χ1) is 12.4. The molecule has 4 nitrogen and oxygen atoms in total. The van der Waals surface area contributed by atoms with Gasteiger partial charge in [-0.2, -0.15) is 0 Å². The number of fused-ring (bicyclic) bond motifs is 3. The molecular formula is C20H23FN2O2S. The molecule has 4 heterocycles. The maximum absolute atomic E-state index is 13.1. The van der Waals surface area contributed by atoms with Crippen LogP contribution in [0.1, 0.15) is 32.4 Å². The van der Waals surface area contributed by atoms with Crippen LogP contribution in [0.3, 0.4) is 0 Å². The average molecular weight is 374 g/mol. The Hall–Kier alpha value is -1.79. The molecule has 2 aromatic rings. The number of benzene rings is 1. The lowest BCUT2D eigenvalue weighted by molar-refractivity contribution is -0.164. The van der Waals surface area contributed by atoms with Crippen molar-refractivity contribution >= 4 is 17.3 Å². The van der Waals surface area contributed by atoms with Gasteiger partial charge in [-0.3, -0.25) is 9.69 Å². The second-order valence-electron chi connectivity index (χ2n) is 7.75. The van der Waals surface area contributed by atoms with Gasteiger partial charge >= 0.3 is 5.97 Å². The van der Waals surface area contributed by atoms with E-state index in [2.05, 4.69) is 9.88 Å². The van der Waals surface area contributed by atoms with Crippen LogP contribution in [-0.2, 0) is 14.9 Å². The first kappa shape index (κ1) is 17.6. The summed E-state index contributed by atoms with van der Waals surface area (Å²) in [6, 6.07) is 6.25. The minimum atomic E-state index is -0.805. The second kappa shape index (κ2) is 6.74. The molecule has 0 N–H and O–H groups in total. The SMILES string of the molecule is CC(C)(C(=O)O[C@@H]1CN2CCC1CC2)c1csc(-c2ccc(F)cc2)n1. The summed E-state index contributed by atoms with van der Waals surface area (Å²) in [4.78, 5) is 19.9. The van der Waals surface area contributed by atoms with E-state index >= 15 is 0 Å². The van der Waals surface area contributed by atoms with Crippen LogP contribution in [0, 0.1) is 11.7 Å².